The highest BCUT2D eigenvalue weighted by Crippen LogP contribution is 2.42. The van der Waals surface area contributed by atoms with Crippen molar-refractivity contribution in [3.8, 4) is 0 Å². The number of nitrogens with one attached hydrogen (secondary N) is 1. The number of fused-ring (bicyclic) bond motifs is 1. The van der Waals surface area contributed by atoms with Crippen LogP contribution in [-0.4, -0.2) is 16.5 Å². The Morgan fingerprint density at radius 1 is 1.19 bits per heavy atom. The molecule has 2 aromatic rings. The summed E-state index contributed by atoms with van der Waals surface area (Å²) in [6.45, 7) is 0. The highest BCUT2D eigenvalue weighted by Gasteiger charge is 2.40. The zero-order valence-corrected chi connectivity index (χ0v) is 14.3. The predicted molar refractivity (Wildman–Crippen MR) is 99.0 cm³/mol. The van der Waals surface area contributed by atoms with Gasteiger partial charge in [0.15, 0.2) is 0 Å². The molecule has 2 aromatic carbocycles. The van der Waals surface area contributed by atoms with Crippen molar-refractivity contribution >= 4 is 34.5 Å². The van der Waals surface area contributed by atoms with Gasteiger partial charge in [0.2, 0.25) is 5.91 Å². The zero-order chi connectivity index (χ0) is 18.3. The standard InChI is InChI=1S/C19H14ClN3O3/c20-14-3-1-2-12(8-14)16-9-13(10-17-18(16)19(24)22-21-17)11-4-6-15(7-5-11)23(25)26/h1-8,10,16,18H,9H2,(H,22,24). The number of halogens is 1. The van der Waals surface area contributed by atoms with Crippen molar-refractivity contribution in [2.75, 3.05) is 0 Å². The van der Waals surface area contributed by atoms with E-state index in [1.807, 2.05) is 24.3 Å². The maximum atomic E-state index is 12.3. The fourth-order valence-corrected chi connectivity index (χ4v) is 3.74. The smallest absolute Gasteiger partial charge is 0.269 e. The van der Waals surface area contributed by atoms with Gasteiger partial charge in [0.05, 0.1) is 16.6 Å². The van der Waals surface area contributed by atoms with Gasteiger partial charge >= 0.3 is 0 Å². The first-order valence-corrected chi connectivity index (χ1v) is 8.49. The van der Waals surface area contributed by atoms with E-state index in [0.29, 0.717) is 17.2 Å². The van der Waals surface area contributed by atoms with E-state index in [-0.39, 0.29) is 23.4 Å². The van der Waals surface area contributed by atoms with Crippen molar-refractivity contribution in [2.45, 2.75) is 12.3 Å². The van der Waals surface area contributed by atoms with E-state index < -0.39 is 4.92 Å². The van der Waals surface area contributed by atoms with Crippen molar-refractivity contribution < 1.29 is 9.72 Å². The molecule has 2 aliphatic rings. The van der Waals surface area contributed by atoms with Gasteiger partial charge in [-0.2, -0.15) is 5.10 Å². The van der Waals surface area contributed by atoms with Gasteiger partial charge in [0.25, 0.3) is 5.69 Å². The molecule has 6 nitrogen and oxygen atoms in total. The Kier molecular flexibility index (Phi) is 4.05. The Morgan fingerprint density at radius 3 is 2.65 bits per heavy atom. The van der Waals surface area contributed by atoms with Crippen molar-refractivity contribution in [1.82, 2.24) is 5.43 Å². The van der Waals surface area contributed by atoms with Crippen LogP contribution in [0.25, 0.3) is 5.57 Å². The van der Waals surface area contributed by atoms with Crippen LogP contribution in [0.3, 0.4) is 0 Å². The molecule has 1 heterocycles. The van der Waals surface area contributed by atoms with E-state index in [2.05, 4.69) is 10.5 Å². The van der Waals surface area contributed by atoms with Crippen LogP contribution in [0.2, 0.25) is 5.02 Å². The monoisotopic (exact) mass is 367 g/mol. The Hall–Kier alpha value is -2.99. The highest BCUT2D eigenvalue weighted by atomic mass is 35.5. The number of hydrogen-bond donors (Lipinski definition) is 1. The second-order valence-corrected chi connectivity index (χ2v) is 6.77. The number of hydrazone groups is 1. The van der Waals surface area contributed by atoms with E-state index in [0.717, 1.165) is 16.7 Å². The van der Waals surface area contributed by atoms with Crippen LogP contribution in [0.15, 0.2) is 59.7 Å². The number of nitro benzene ring substituents is 1. The van der Waals surface area contributed by atoms with Crippen LogP contribution in [0, 0.1) is 16.0 Å². The van der Waals surface area contributed by atoms with Gasteiger partial charge in [0, 0.05) is 23.1 Å². The minimum absolute atomic E-state index is 0.0458. The first-order valence-electron chi connectivity index (χ1n) is 8.11. The van der Waals surface area contributed by atoms with Gasteiger partial charge < -0.3 is 0 Å². The predicted octanol–water partition coefficient (Wildman–Crippen LogP) is 3.92. The maximum absolute atomic E-state index is 12.3. The number of allylic oxidation sites excluding steroid dienone is 2. The molecule has 1 N–H and O–H groups in total. The van der Waals surface area contributed by atoms with Crippen molar-refractivity contribution in [2.24, 2.45) is 11.0 Å². The normalized spacial score (nSPS) is 21.5. The first kappa shape index (κ1) is 16.5. The van der Waals surface area contributed by atoms with Gasteiger partial charge in [0.1, 0.15) is 0 Å². The van der Waals surface area contributed by atoms with Gasteiger partial charge in [-0.05, 0) is 53.5 Å². The molecule has 1 aliphatic heterocycles. The summed E-state index contributed by atoms with van der Waals surface area (Å²) < 4.78 is 0. The molecule has 0 spiro atoms. The van der Waals surface area contributed by atoms with Gasteiger partial charge in [-0.1, -0.05) is 23.7 Å². The van der Waals surface area contributed by atoms with Crippen LogP contribution in [0.1, 0.15) is 23.5 Å². The molecule has 0 fully saturated rings. The molecule has 0 bridgehead atoms. The van der Waals surface area contributed by atoms with Crippen molar-refractivity contribution in [3.05, 3.63) is 80.9 Å². The number of rotatable bonds is 3. The van der Waals surface area contributed by atoms with E-state index in [1.165, 1.54) is 12.1 Å². The average molecular weight is 368 g/mol. The maximum Gasteiger partial charge on any atom is 0.269 e. The largest absolute Gasteiger partial charge is 0.272 e. The van der Waals surface area contributed by atoms with Crippen LogP contribution >= 0.6 is 11.6 Å². The summed E-state index contributed by atoms with van der Waals surface area (Å²) >= 11 is 6.13. The number of nitrogens with zero attached hydrogens (tertiary/aromatic N) is 2. The number of nitro groups is 1. The third-order valence-electron chi connectivity index (χ3n) is 4.79. The molecule has 1 aliphatic carbocycles. The fourth-order valence-electron chi connectivity index (χ4n) is 3.54. The summed E-state index contributed by atoms with van der Waals surface area (Å²) in [5, 5.41) is 15.6. The Bertz CT molecular complexity index is 966. The molecule has 0 saturated heterocycles. The minimum Gasteiger partial charge on any atom is -0.272 e. The summed E-state index contributed by atoms with van der Waals surface area (Å²) in [5.41, 5.74) is 6.11. The van der Waals surface area contributed by atoms with E-state index in [1.54, 1.807) is 18.2 Å². The van der Waals surface area contributed by atoms with Crippen LogP contribution in [0.4, 0.5) is 5.69 Å². The third-order valence-corrected chi connectivity index (χ3v) is 5.02. The Morgan fingerprint density at radius 2 is 1.96 bits per heavy atom. The molecule has 2 atom stereocenters. The molecule has 7 heteroatoms. The lowest BCUT2D eigenvalue weighted by molar-refractivity contribution is -0.384. The molecular weight excluding hydrogens is 354 g/mol. The number of amides is 1. The Labute approximate surface area is 154 Å². The molecule has 26 heavy (non-hydrogen) atoms. The average Bonchev–Trinajstić information content (AvgIpc) is 3.02. The first-order chi connectivity index (χ1) is 12.5. The van der Waals surface area contributed by atoms with Crippen LogP contribution < -0.4 is 5.43 Å². The van der Waals surface area contributed by atoms with E-state index >= 15 is 0 Å². The van der Waals surface area contributed by atoms with Gasteiger partial charge in [-0.25, -0.2) is 5.43 Å². The number of carbonyl (C=O) groups excluding carboxylic acids is 1. The second-order valence-electron chi connectivity index (χ2n) is 6.33. The number of non-ortho nitro benzene ring substituents is 1. The second kappa shape index (κ2) is 6.38. The van der Waals surface area contributed by atoms with Crippen LogP contribution in [0.5, 0.6) is 0 Å². The fraction of sp³-hybridized carbons (Fsp3) is 0.158. The molecule has 0 saturated carbocycles. The molecule has 2 unspecified atom stereocenters. The van der Waals surface area contributed by atoms with E-state index in [4.69, 9.17) is 11.6 Å². The zero-order valence-electron chi connectivity index (χ0n) is 13.6. The lowest BCUT2D eigenvalue weighted by atomic mass is 9.73. The molecule has 4 rings (SSSR count). The summed E-state index contributed by atoms with van der Waals surface area (Å²) in [7, 11) is 0. The van der Waals surface area contributed by atoms with E-state index in [9.17, 15) is 14.9 Å². The van der Waals surface area contributed by atoms with Gasteiger partial charge in [-0.3, -0.25) is 14.9 Å². The quantitative estimate of drug-likeness (QED) is 0.659. The molecular formula is C19H14ClN3O3. The summed E-state index contributed by atoms with van der Waals surface area (Å²) in [6.07, 6.45) is 2.51. The lowest BCUT2D eigenvalue weighted by Crippen LogP contribution is -2.31. The molecule has 0 radical (unpaired) electrons. The SMILES string of the molecule is O=C1NN=C2C=C(c3ccc([N+](=O)[O-])cc3)CC(c3cccc(Cl)c3)C12. The molecule has 1 amide bonds. The summed E-state index contributed by atoms with van der Waals surface area (Å²) in [6, 6.07) is 13.9. The number of benzene rings is 2. The summed E-state index contributed by atoms with van der Waals surface area (Å²) in [5.74, 6) is -0.565. The van der Waals surface area contributed by atoms with Gasteiger partial charge in [-0.15, -0.1) is 0 Å². The lowest BCUT2D eigenvalue weighted by Gasteiger charge is -2.28. The third kappa shape index (κ3) is 2.88. The molecule has 0 aromatic heterocycles. The number of carbonyl (C=O) groups is 1. The topological polar surface area (TPSA) is 84.6 Å². The summed E-state index contributed by atoms with van der Waals surface area (Å²) in [4.78, 5) is 22.7. The highest BCUT2D eigenvalue weighted by molar-refractivity contribution is 6.30. The van der Waals surface area contributed by atoms with Crippen LogP contribution in [-0.2, 0) is 4.79 Å². The van der Waals surface area contributed by atoms with Crippen molar-refractivity contribution in [1.29, 1.82) is 0 Å². The molecule has 130 valence electrons. The Balaban J connectivity index is 1.74. The number of hydrogen-bond acceptors (Lipinski definition) is 4. The minimum atomic E-state index is -0.423. The van der Waals surface area contributed by atoms with Crippen molar-refractivity contribution in [3.63, 3.8) is 0 Å².